The zero-order valence-corrected chi connectivity index (χ0v) is 19.9. The Kier molecular flexibility index (Phi) is 6.31. The number of rotatable bonds is 7. The zero-order chi connectivity index (χ0) is 23.7. The van der Waals surface area contributed by atoms with Gasteiger partial charge >= 0.3 is 0 Å². The smallest absolute Gasteiger partial charge is 0.264 e. The number of carbonyl (C=O) groups excluding carboxylic acids is 2. The maximum Gasteiger partial charge on any atom is 0.264 e. The number of anilines is 2. The predicted molar refractivity (Wildman–Crippen MR) is 128 cm³/mol. The van der Waals surface area contributed by atoms with Gasteiger partial charge in [-0.15, -0.1) is 0 Å². The van der Waals surface area contributed by atoms with Gasteiger partial charge in [0.25, 0.3) is 5.91 Å². The van der Waals surface area contributed by atoms with Gasteiger partial charge in [-0.1, -0.05) is 12.5 Å². The minimum Gasteiger partial charge on any atom is -0.484 e. The molecule has 0 atom stereocenters. The Morgan fingerprint density at radius 3 is 2.56 bits per heavy atom. The first-order chi connectivity index (χ1) is 16.4. The van der Waals surface area contributed by atoms with E-state index in [4.69, 9.17) is 4.74 Å². The summed E-state index contributed by atoms with van der Waals surface area (Å²) in [6.07, 6.45) is 5.31. The van der Waals surface area contributed by atoms with Crippen LogP contribution >= 0.6 is 0 Å². The standard InChI is InChI=1S/C25H29N3O5S/c29-24(17-33-21-6-4-5-20(16-21)26-25(30)18-7-8-18)28-14-11-19-15-22(9-10-23(19)28)34(31,32)27-12-2-1-3-13-27/h4-6,9-10,15-16,18H,1-3,7-8,11-14,17H2,(H,26,30). The Morgan fingerprint density at radius 1 is 1.00 bits per heavy atom. The van der Waals surface area contributed by atoms with Crippen molar-refractivity contribution in [1.82, 2.24) is 4.31 Å². The molecule has 0 aromatic heterocycles. The number of benzene rings is 2. The van der Waals surface area contributed by atoms with Gasteiger partial charge in [0.15, 0.2) is 6.61 Å². The first-order valence-corrected chi connectivity index (χ1v) is 13.3. The number of nitrogens with one attached hydrogen (secondary N) is 1. The molecule has 34 heavy (non-hydrogen) atoms. The lowest BCUT2D eigenvalue weighted by Crippen LogP contribution is -2.35. The van der Waals surface area contributed by atoms with Crippen LogP contribution in [0, 0.1) is 5.92 Å². The molecular formula is C25H29N3O5S. The normalized spacial score (nSPS) is 18.4. The number of sulfonamides is 1. The fourth-order valence-electron chi connectivity index (χ4n) is 4.53. The molecule has 1 aliphatic carbocycles. The average Bonchev–Trinajstić information content (AvgIpc) is 3.62. The van der Waals surface area contributed by atoms with Crippen LogP contribution in [0.1, 0.15) is 37.7 Å². The summed E-state index contributed by atoms with van der Waals surface area (Å²) in [7, 11) is -3.51. The fraction of sp³-hybridized carbons (Fsp3) is 0.440. The van der Waals surface area contributed by atoms with Gasteiger partial charge in [-0.25, -0.2) is 8.42 Å². The van der Waals surface area contributed by atoms with Crippen molar-refractivity contribution in [3.8, 4) is 5.75 Å². The maximum atomic E-state index is 13.0. The van der Waals surface area contributed by atoms with E-state index in [1.807, 2.05) is 0 Å². The van der Waals surface area contributed by atoms with Crippen molar-refractivity contribution in [3.63, 3.8) is 0 Å². The summed E-state index contributed by atoms with van der Waals surface area (Å²) in [5.41, 5.74) is 2.24. The van der Waals surface area contributed by atoms with E-state index in [0.717, 1.165) is 43.4 Å². The molecule has 0 unspecified atom stereocenters. The summed E-state index contributed by atoms with van der Waals surface area (Å²) in [6.45, 7) is 1.47. The average molecular weight is 484 g/mol. The highest BCUT2D eigenvalue weighted by atomic mass is 32.2. The van der Waals surface area contributed by atoms with Gasteiger partial charge in [0.2, 0.25) is 15.9 Å². The van der Waals surface area contributed by atoms with E-state index in [-0.39, 0.29) is 24.3 Å². The van der Waals surface area contributed by atoms with Crippen molar-refractivity contribution < 1.29 is 22.7 Å². The molecule has 1 N–H and O–H groups in total. The number of fused-ring (bicyclic) bond motifs is 1. The van der Waals surface area contributed by atoms with Crippen LogP contribution in [-0.4, -0.2) is 50.8 Å². The van der Waals surface area contributed by atoms with Crippen LogP contribution in [0.2, 0.25) is 0 Å². The Bertz CT molecular complexity index is 1200. The van der Waals surface area contributed by atoms with Crippen LogP contribution in [0.15, 0.2) is 47.4 Å². The van der Waals surface area contributed by atoms with E-state index in [1.54, 1.807) is 51.7 Å². The van der Waals surface area contributed by atoms with Crippen molar-refractivity contribution in [3.05, 3.63) is 48.0 Å². The predicted octanol–water partition coefficient (Wildman–Crippen LogP) is 3.18. The third kappa shape index (κ3) is 4.81. The molecule has 0 radical (unpaired) electrons. The molecule has 1 saturated carbocycles. The SMILES string of the molecule is O=C(Nc1cccc(OCC(=O)N2CCc3cc(S(=O)(=O)N4CCCCC4)ccc32)c1)C1CC1. The summed E-state index contributed by atoms with van der Waals surface area (Å²) in [4.78, 5) is 26.8. The number of hydrogen-bond acceptors (Lipinski definition) is 5. The van der Waals surface area contributed by atoms with E-state index in [0.29, 0.717) is 42.4 Å². The molecular weight excluding hydrogens is 454 g/mol. The van der Waals surface area contributed by atoms with Crippen molar-refractivity contribution in [2.45, 2.75) is 43.4 Å². The second-order valence-electron chi connectivity index (χ2n) is 9.13. The highest BCUT2D eigenvalue weighted by Crippen LogP contribution is 2.32. The molecule has 2 fully saturated rings. The van der Waals surface area contributed by atoms with Gasteiger partial charge in [-0.05, 0) is 68.0 Å². The van der Waals surface area contributed by atoms with Gasteiger partial charge in [-0.3, -0.25) is 9.59 Å². The molecule has 5 rings (SSSR count). The summed E-state index contributed by atoms with van der Waals surface area (Å²) in [6, 6.07) is 12.1. The molecule has 0 spiro atoms. The fourth-order valence-corrected chi connectivity index (χ4v) is 6.10. The monoisotopic (exact) mass is 483 g/mol. The van der Waals surface area contributed by atoms with Crippen molar-refractivity contribution >= 4 is 33.2 Å². The Hall–Kier alpha value is -2.91. The molecule has 3 aliphatic rings. The second kappa shape index (κ2) is 9.38. The Balaban J connectivity index is 1.22. The Labute approximate surface area is 199 Å². The number of amides is 2. The van der Waals surface area contributed by atoms with E-state index >= 15 is 0 Å². The van der Waals surface area contributed by atoms with E-state index < -0.39 is 10.0 Å². The molecule has 1 saturated heterocycles. The highest BCUT2D eigenvalue weighted by Gasteiger charge is 2.31. The zero-order valence-electron chi connectivity index (χ0n) is 19.0. The Morgan fingerprint density at radius 2 is 1.79 bits per heavy atom. The molecule has 2 aliphatic heterocycles. The van der Waals surface area contributed by atoms with E-state index in [1.165, 1.54) is 0 Å². The van der Waals surface area contributed by atoms with Gasteiger partial charge in [-0.2, -0.15) is 4.31 Å². The first kappa shape index (κ1) is 22.9. The van der Waals surface area contributed by atoms with Crippen LogP contribution in [-0.2, 0) is 26.0 Å². The van der Waals surface area contributed by atoms with Gasteiger partial charge in [0, 0.05) is 43.0 Å². The number of carbonyl (C=O) groups is 2. The lowest BCUT2D eigenvalue weighted by atomic mass is 10.2. The molecule has 2 aromatic carbocycles. The lowest BCUT2D eigenvalue weighted by Gasteiger charge is -2.26. The summed E-state index contributed by atoms with van der Waals surface area (Å²) < 4.78 is 33.3. The van der Waals surface area contributed by atoms with Crippen molar-refractivity contribution in [2.75, 3.05) is 36.5 Å². The maximum absolute atomic E-state index is 13.0. The summed E-state index contributed by atoms with van der Waals surface area (Å²) in [5, 5.41) is 2.87. The molecule has 0 bridgehead atoms. The molecule has 2 amide bonds. The molecule has 8 nitrogen and oxygen atoms in total. The van der Waals surface area contributed by atoms with Crippen LogP contribution in [0.4, 0.5) is 11.4 Å². The van der Waals surface area contributed by atoms with Crippen LogP contribution < -0.4 is 15.0 Å². The highest BCUT2D eigenvalue weighted by molar-refractivity contribution is 7.89. The summed E-state index contributed by atoms with van der Waals surface area (Å²) >= 11 is 0. The molecule has 2 heterocycles. The molecule has 180 valence electrons. The van der Waals surface area contributed by atoms with Gasteiger partial charge in [0.05, 0.1) is 4.90 Å². The minimum atomic E-state index is -3.51. The van der Waals surface area contributed by atoms with Crippen molar-refractivity contribution in [2.24, 2.45) is 5.92 Å². The topological polar surface area (TPSA) is 96.0 Å². The molecule has 9 heteroatoms. The largest absolute Gasteiger partial charge is 0.484 e. The van der Waals surface area contributed by atoms with Gasteiger partial charge < -0.3 is 15.0 Å². The van der Waals surface area contributed by atoms with Gasteiger partial charge in [0.1, 0.15) is 5.75 Å². The lowest BCUT2D eigenvalue weighted by molar-refractivity contribution is -0.120. The third-order valence-electron chi connectivity index (χ3n) is 6.61. The minimum absolute atomic E-state index is 0.0172. The number of nitrogens with zero attached hydrogens (tertiary/aromatic N) is 2. The van der Waals surface area contributed by atoms with E-state index in [9.17, 15) is 18.0 Å². The third-order valence-corrected chi connectivity index (χ3v) is 8.51. The quantitative estimate of drug-likeness (QED) is 0.653. The number of piperidine rings is 1. The van der Waals surface area contributed by atoms with Crippen LogP contribution in [0.25, 0.3) is 0 Å². The van der Waals surface area contributed by atoms with Crippen LogP contribution in [0.3, 0.4) is 0 Å². The van der Waals surface area contributed by atoms with E-state index in [2.05, 4.69) is 5.32 Å². The first-order valence-electron chi connectivity index (χ1n) is 11.9. The van der Waals surface area contributed by atoms with Crippen LogP contribution in [0.5, 0.6) is 5.75 Å². The number of ether oxygens (including phenoxy) is 1. The second-order valence-corrected chi connectivity index (χ2v) is 11.1. The number of hydrogen-bond donors (Lipinski definition) is 1. The van der Waals surface area contributed by atoms with Crippen molar-refractivity contribution in [1.29, 1.82) is 0 Å². The molecule has 2 aromatic rings. The summed E-state index contributed by atoms with van der Waals surface area (Å²) in [5.74, 6) is 0.433.